The average molecular weight is 399 g/mol. The zero-order valence-corrected chi connectivity index (χ0v) is 17.5. The third-order valence-corrected chi connectivity index (χ3v) is 4.54. The molecular weight excluding hydrogens is 368 g/mol. The number of ether oxygens (including phenoxy) is 2. The highest BCUT2D eigenvalue weighted by Crippen LogP contribution is 2.13. The molecule has 0 aliphatic rings. The minimum absolute atomic E-state index is 0.0392. The van der Waals surface area contributed by atoms with Crippen LogP contribution in [0.15, 0.2) is 48.5 Å². The van der Waals surface area contributed by atoms with E-state index in [4.69, 9.17) is 9.47 Å². The van der Waals surface area contributed by atoms with Crippen LogP contribution in [0.4, 0.5) is 0 Å². The van der Waals surface area contributed by atoms with Crippen LogP contribution in [0.5, 0.6) is 11.5 Å². The Bertz CT molecular complexity index is 786. The Morgan fingerprint density at radius 1 is 0.966 bits per heavy atom. The Kier molecular flexibility index (Phi) is 8.52. The number of amides is 2. The summed E-state index contributed by atoms with van der Waals surface area (Å²) in [7, 11) is 1.63. The van der Waals surface area contributed by atoms with Crippen molar-refractivity contribution in [3.8, 4) is 11.5 Å². The molecule has 0 saturated heterocycles. The summed E-state index contributed by atoms with van der Waals surface area (Å²) < 4.78 is 10.5. The molecule has 2 N–H and O–H groups in total. The number of benzene rings is 2. The lowest BCUT2D eigenvalue weighted by Crippen LogP contribution is -2.50. The molecule has 0 heterocycles. The smallest absolute Gasteiger partial charge is 0.251 e. The van der Waals surface area contributed by atoms with Crippen molar-refractivity contribution >= 4 is 11.8 Å². The Hall–Kier alpha value is -3.02. The normalized spacial score (nSPS) is 11.6. The predicted molar refractivity (Wildman–Crippen MR) is 113 cm³/mol. The monoisotopic (exact) mass is 398 g/mol. The summed E-state index contributed by atoms with van der Waals surface area (Å²) in [6.07, 6.45) is 0.702. The highest BCUT2D eigenvalue weighted by atomic mass is 16.5. The highest BCUT2D eigenvalue weighted by Gasteiger charge is 2.24. The van der Waals surface area contributed by atoms with Crippen molar-refractivity contribution < 1.29 is 19.1 Å². The van der Waals surface area contributed by atoms with E-state index in [1.165, 1.54) is 0 Å². The first-order valence-corrected chi connectivity index (χ1v) is 9.89. The van der Waals surface area contributed by atoms with Gasteiger partial charge in [0.2, 0.25) is 5.91 Å². The Labute approximate surface area is 172 Å². The lowest BCUT2D eigenvalue weighted by atomic mass is 10.0. The molecule has 0 fully saturated rings. The summed E-state index contributed by atoms with van der Waals surface area (Å²) in [6, 6.07) is 14.0. The van der Waals surface area contributed by atoms with Crippen LogP contribution in [0.1, 0.15) is 36.7 Å². The SMILES string of the molecule is CCOc1ccc(C(=O)NC(C(=O)NCCc2ccc(OC)cc2)C(C)C)cc1. The van der Waals surface area contributed by atoms with E-state index >= 15 is 0 Å². The molecule has 0 spiro atoms. The van der Waals surface area contributed by atoms with E-state index in [-0.39, 0.29) is 17.7 Å². The van der Waals surface area contributed by atoms with Crippen molar-refractivity contribution in [3.63, 3.8) is 0 Å². The number of rotatable bonds is 10. The van der Waals surface area contributed by atoms with E-state index in [9.17, 15) is 9.59 Å². The van der Waals surface area contributed by atoms with Crippen LogP contribution < -0.4 is 20.1 Å². The van der Waals surface area contributed by atoms with Gasteiger partial charge in [-0.1, -0.05) is 26.0 Å². The predicted octanol–water partition coefficient (Wildman–Crippen LogP) is 3.21. The number of methoxy groups -OCH3 is 1. The fraction of sp³-hybridized carbons (Fsp3) is 0.391. The van der Waals surface area contributed by atoms with Crippen LogP contribution in [0.2, 0.25) is 0 Å². The van der Waals surface area contributed by atoms with Gasteiger partial charge in [-0.3, -0.25) is 9.59 Å². The van der Waals surface area contributed by atoms with E-state index in [1.54, 1.807) is 31.4 Å². The van der Waals surface area contributed by atoms with E-state index < -0.39 is 6.04 Å². The number of hydrogen-bond donors (Lipinski definition) is 2. The van der Waals surface area contributed by atoms with E-state index in [1.807, 2.05) is 45.0 Å². The first-order chi connectivity index (χ1) is 13.9. The molecule has 2 amide bonds. The van der Waals surface area contributed by atoms with Gasteiger partial charge >= 0.3 is 0 Å². The molecule has 29 heavy (non-hydrogen) atoms. The lowest BCUT2D eigenvalue weighted by Gasteiger charge is -2.22. The maximum absolute atomic E-state index is 12.6. The van der Waals surface area contributed by atoms with Gasteiger partial charge in [0.1, 0.15) is 17.5 Å². The summed E-state index contributed by atoms with van der Waals surface area (Å²) in [5, 5.41) is 5.76. The maximum atomic E-state index is 12.6. The standard InChI is InChI=1S/C23H30N2O4/c1-5-29-20-12-8-18(9-13-20)22(26)25-21(16(2)3)23(27)24-15-14-17-6-10-19(28-4)11-7-17/h6-13,16,21H,5,14-15H2,1-4H3,(H,24,27)(H,25,26). The molecule has 0 saturated carbocycles. The summed E-state index contributed by atoms with van der Waals surface area (Å²) >= 11 is 0. The second-order valence-corrected chi connectivity index (χ2v) is 7.04. The van der Waals surface area contributed by atoms with E-state index in [0.29, 0.717) is 30.9 Å². The lowest BCUT2D eigenvalue weighted by molar-refractivity contribution is -0.123. The van der Waals surface area contributed by atoms with Gasteiger partial charge in [-0.05, 0) is 61.2 Å². The molecule has 2 rings (SSSR count). The summed E-state index contributed by atoms with van der Waals surface area (Å²) in [4.78, 5) is 25.2. The van der Waals surface area contributed by atoms with Crippen molar-refractivity contribution in [1.82, 2.24) is 10.6 Å². The van der Waals surface area contributed by atoms with Gasteiger partial charge in [0.15, 0.2) is 0 Å². The molecular formula is C23H30N2O4. The maximum Gasteiger partial charge on any atom is 0.251 e. The van der Waals surface area contributed by atoms with Crippen molar-refractivity contribution in [3.05, 3.63) is 59.7 Å². The number of hydrogen-bond acceptors (Lipinski definition) is 4. The van der Waals surface area contributed by atoms with E-state index in [2.05, 4.69) is 10.6 Å². The Morgan fingerprint density at radius 3 is 2.14 bits per heavy atom. The molecule has 0 radical (unpaired) electrons. The summed E-state index contributed by atoms with van der Waals surface area (Å²) in [5.74, 6) is 1.00. The first-order valence-electron chi connectivity index (χ1n) is 9.89. The number of carbonyl (C=O) groups excluding carboxylic acids is 2. The van der Waals surface area contributed by atoms with Gasteiger partial charge in [-0.15, -0.1) is 0 Å². The zero-order chi connectivity index (χ0) is 21.2. The Morgan fingerprint density at radius 2 is 1.59 bits per heavy atom. The molecule has 2 aromatic rings. The molecule has 0 aliphatic carbocycles. The van der Waals surface area contributed by atoms with Crippen LogP contribution in [0, 0.1) is 5.92 Å². The topological polar surface area (TPSA) is 76.7 Å². The van der Waals surface area contributed by atoms with Gasteiger partial charge in [0.05, 0.1) is 13.7 Å². The van der Waals surface area contributed by atoms with Crippen LogP contribution >= 0.6 is 0 Å². The van der Waals surface area contributed by atoms with Crippen molar-refractivity contribution in [1.29, 1.82) is 0 Å². The number of carbonyl (C=O) groups is 2. The Balaban J connectivity index is 1.89. The fourth-order valence-electron chi connectivity index (χ4n) is 2.86. The molecule has 1 atom stereocenters. The average Bonchev–Trinajstić information content (AvgIpc) is 2.72. The molecule has 156 valence electrons. The molecule has 0 bridgehead atoms. The molecule has 2 aromatic carbocycles. The van der Waals surface area contributed by atoms with Crippen LogP contribution in [-0.2, 0) is 11.2 Å². The van der Waals surface area contributed by atoms with Gasteiger partial charge in [-0.2, -0.15) is 0 Å². The third-order valence-electron chi connectivity index (χ3n) is 4.54. The summed E-state index contributed by atoms with van der Waals surface area (Å²) in [5.41, 5.74) is 1.59. The summed E-state index contributed by atoms with van der Waals surface area (Å²) in [6.45, 7) is 6.78. The molecule has 0 aliphatic heterocycles. The number of nitrogens with one attached hydrogen (secondary N) is 2. The van der Waals surface area contributed by atoms with Crippen LogP contribution in [0.25, 0.3) is 0 Å². The first kappa shape index (κ1) is 22.3. The fourth-order valence-corrected chi connectivity index (χ4v) is 2.86. The van der Waals surface area contributed by atoms with Gasteiger partial charge in [0.25, 0.3) is 5.91 Å². The van der Waals surface area contributed by atoms with E-state index in [0.717, 1.165) is 11.3 Å². The molecule has 6 heteroatoms. The third kappa shape index (κ3) is 6.82. The molecule has 0 aromatic heterocycles. The second-order valence-electron chi connectivity index (χ2n) is 7.04. The zero-order valence-electron chi connectivity index (χ0n) is 17.5. The van der Waals surface area contributed by atoms with Crippen LogP contribution in [0.3, 0.4) is 0 Å². The second kappa shape index (κ2) is 11.1. The molecule has 1 unspecified atom stereocenters. The highest BCUT2D eigenvalue weighted by molar-refractivity contribution is 5.97. The van der Waals surface area contributed by atoms with Crippen molar-refractivity contribution in [2.24, 2.45) is 5.92 Å². The minimum atomic E-state index is -0.607. The quantitative estimate of drug-likeness (QED) is 0.644. The van der Waals surface area contributed by atoms with Gasteiger partial charge in [-0.25, -0.2) is 0 Å². The van der Waals surface area contributed by atoms with Crippen LogP contribution in [-0.4, -0.2) is 38.1 Å². The van der Waals surface area contributed by atoms with Gasteiger partial charge < -0.3 is 20.1 Å². The van der Waals surface area contributed by atoms with Crippen molar-refractivity contribution in [2.75, 3.05) is 20.3 Å². The molecule has 6 nitrogen and oxygen atoms in total. The minimum Gasteiger partial charge on any atom is -0.497 e. The van der Waals surface area contributed by atoms with Gasteiger partial charge in [0, 0.05) is 12.1 Å². The largest absolute Gasteiger partial charge is 0.497 e. The van der Waals surface area contributed by atoms with Crippen molar-refractivity contribution in [2.45, 2.75) is 33.2 Å².